The third-order valence-electron chi connectivity index (χ3n) is 5.07. The lowest BCUT2D eigenvalue weighted by Gasteiger charge is -2.33. The van der Waals surface area contributed by atoms with E-state index in [1.54, 1.807) is 0 Å². The highest BCUT2D eigenvalue weighted by Gasteiger charge is 2.33. The minimum absolute atomic E-state index is 0.261. The Kier molecular flexibility index (Phi) is 5.62. The second-order valence-electron chi connectivity index (χ2n) is 6.99. The van der Waals surface area contributed by atoms with Gasteiger partial charge in [0.25, 0.3) is 5.69 Å². The molecule has 2 aromatic carbocycles. The van der Waals surface area contributed by atoms with Gasteiger partial charge in [0.05, 0.1) is 17.3 Å². The summed E-state index contributed by atoms with van der Waals surface area (Å²) in [6.45, 7) is 2.11. The Morgan fingerprint density at radius 1 is 0.933 bits per heavy atom. The maximum atomic E-state index is 12.9. The standard InChI is InChI=1S/C20H21N5O4S/c26-25(27)19-8-4-5-9-20(19)30(28,29)24-14-12-22(13-15-24)16-23-11-10-18(21-23)17-6-2-1-3-7-17/h1-11H,12-16H2. The monoisotopic (exact) mass is 427 g/mol. The lowest BCUT2D eigenvalue weighted by atomic mass is 10.2. The van der Waals surface area contributed by atoms with E-state index >= 15 is 0 Å². The van der Waals surface area contributed by atoms with Gasteiger partial charge in [0.15, 0.2) is 4.90 Å². The number of sulfonamides is 1. The van der Waals surface area contributed by atoms with Gasteiger partial charge in [-0.05, 0) is 12.1 Å². The second kappa shape index (κ2) is 8.34. The van der Waals surface area contributed by atoms with Crippen LogP contribution in [0.3, 0.4) is 0 Å². The molecule has 0 amide bonds. The number of hydrogen-bond acceptors (Lipinski definition) is 6. The molecule has 9 nitrogen and oxygen atoms in total. The molecule has 156 valence electrons. The van der Waals surface area contributed by atoms with Crippen LogP contribution in [0.15, 0.2) is 71.8 Å². The number of hydrogen-bond donors (Lipinski definition) is 0. The first kappa shape index (κ1) is 20.2. The average Bonchev–Trinajstić information content (AvgIpc) is 3.23. The van der Waals surface area contributed by atoms with Crippen LogP contribution in [0.1, 0.15) is 0 Å². The zero-order chi connectivity index (χ0) is 21.1. The van der Waals surface area contributed by atoms with E-state index in [0.717, 1.165) is 11.3 Å². The lowest BCUT2D eigenvalue weighted by Crippen LogP contribution is -2.48. The van der Waals surface area contributed by atoms with Crippen molar-refractivity contribution in [2.75, 3.05) is 26.2 Å². The maximum absolute atomic E-state index is 12.9. The van der Waals surface area contributed by atoms with Crippen molar-refractivity contribution in [3.8, 4) is 11.3 Å². The molecule has 0 spiro atoms. The summed E-state index contributed by atoms with van der Waals surface area (Å²) in [4.78, 5) is 12.4. The SMILES string of the molecule is O=[N+]([O-])c1ccccc1S(=O)(=O)N1CCN(Cn2ccc(-c3ccccc3)n2)CC1. The number of nitrogens with zero attached hydrogens (tertiary/aromatic N) is 5. The van der Waals surface area contributed by atoms with Crippen molar-refractivity contribution in [2.24, 2.45) is 0 Å². The smallest absolute Gasteiger partial charge is 0.282 e. The summed E-state index contributed by atoms with van der Waals surface area (Å²) in [7, 11) is -3.92. The van der Waals surface area contributed by atoms with E-state index in [1.807, 2.05) is 47.3 Å². The van der Waals surface area contributed by atoms with Crippen LogP contribution >= 0.6 is 0 Å². The molecular formula is C20H21N5O4S. The molecule has 30 heavy (non-hydrogen) atoms. The van der Waals surface area contributed by atoms with Crippen molar-refractivity contribution in [3.05, 3.63) is 77.0 Å². The zero-order valence-electron chi connectivity index (χ0n) is 16.2. The average molecular weight is 427 g/mol. The van der Waals surface area contributed by atoms with Gasteiger partial charge in [-0.2, -0.15) is 9.40 Å². The summed E-state index contributed by atoms with van der Waals surface area (Å²) in [5.74, 6) is 0. The molecule has 0 saturated carbocycles. The third kappa shape index (κ3) is 4.11. The van der Waals surface area contributed by atoms with E-state index in [9.17, 15) is 18.5 Å². The summed E-state index contributed by atoms with van der Waals surface area (Å²) in [5.41, 5.74) is 1.52. The van der Waals surface area contributed by atoms with Gasteiger partial charge in [-0.1, -0.05) is 42.5 Å². The first-order chi connectivity index (χ1) is 14.4. The number of nitro benzene ring substituents is 1. The summed E-state index contributed by atoms with van der Waals surface area (Å²) in [5, 5.41) is 15.8. The van der Waals surface area contributed by atoms with E-state index in [1.165, 1.54) is 28.6 Å². The molecule has 1 aliphatic heterocycles. The molecular weight excluding hydrogens is 406 g/mol. The summed E-state index contributed by atoms with van der Waals surface area (Å²) in [6.07, 6.45) is 1.90. The van der Waals surface area contributed by atoms with Crippen LogP contribution in [0.2, 0.25) is 0 Å². The quantitative estimate of drug-likeness (QED) is 0.442. The van der Waals surface area contributed by atoms with Crippen molar-refractivity contribution in [1.29, 1.82) is 0 Å². The molecule has 0 unspecified atom stereocenters. The Morgan fingerprint density at radius 3 is 2.30 bits per heavy atom. The van der Waals surface area contributed by atoms with Gasteiger partial charge in [0, 0.05) is 44.0 Å². The fourth-order valence-electron chi connectivity index (χ4n) is 3.48. The summed E-state index contributed by atoms with van der Waals surface area (Å²) in [6, 6.07) is 17.3. The van der Waals surface area contributed by atoms with Crippen LogP contribution in [0.4, 0.5) is 5.69 Å². The second-order valence-corrected chi connectivity index (χ2v) is 8.90. The third-order valence-corrected chi connectivity index (χ3v) is 7.01. The first-order valence-corrected chi connectivity index (χ1v) is 10.9. The van der Waals surface area contributed by atoms with E-state index in [2.05, 4.69) is 10.00 Å². The Labute approximate surface area is 174 Å². The van der Waals surface area contributed by atoms with Gasteiger partial charge in [-0.3, -0.25) is 19.7 Å². The zero-order valence-corrected chi connectivity index (χ0v) is 17.0. The molecule has 0 radical (unpaired) electrons. The van der Waals surface area contributed by atoms with Crippen LogP contribution in [-0.4, -0.2) is 58.5 Å². The van der Waals surface area contributed by atoms with Crippen molar-refractivity contribution >= 4 is 15.7 Å². The van der Waals surface area contributed by atoms with E-state index in [0.29, 0.717) is 19.8 Å². The van der Waals surface area contributed by atoms with Crippen LogP contribution in [0, 0.1) is 10.1 Å². The number of rotatable bonds is 6. The highest BCUT2D eigenvalue weighted by Crippen LogP contribution is 2.27. The number of benzene rings is 2. The predicted octanol–water partition coefficient (Wildman–Crippen LogP) is 2.42. The molecule has 3 aromatic rings. The van der Waals surface area contributed by atoms with Gasteiger partial charge < -0.3 is 0 Å². The van der Waals surface area contributed by atoms with Gasteiger partial charge in [0.1, 0.15) is 0 Å². The molecule has 0 atom stereocenters. The Bertz CT molecular complexity index is 1140. The topological polar surface area (TPSA) is 102 Å². The van der Waals surface area contributed by atoms with Crippen molar-refractivity contribution in [1.82, 2.24) is 19.0 Å². The van der Waals surface area contributed by atoms with Crippen LogP contribution in [0.5, 0.6) is 0 Å². The predicted molar refractivity (Wildman–Crippen MR) is 111 cm³/mol. The van der Waals surface area contributed by atoms with Crippen LogP contribution in [-0.2, 0) is 16.7 Å². The first-order valence-electron chi connectivity index (χ1n) is 9.50. The fraction of sp³-hybridized carbons (Fsp3) is 0.250. The molecule has 1 fully saturated rings. The molecule has 2 heterocycles. The fourth-order valence-corrected chi connectivity index (χ4v) is 5.06. The van der Waals surface area contributed by atoms with E-state index < -0.39 is 20.6 Å². The molecule has 0 aliphatic carbocycles. The summed E-state index contributed by atoms with van der Waals surface area (Å²) < 4.78 is 29.0. The van der Waals surface area contributed by atoms with Gasteiger partial charge >= 0.3 is 0 Å². The van der Waals surface area contributed by atoms with Gasteiger partial charge in [-0.25, -0.2) is 8.42 Å². The largest absolute Gasteiger partial charge is 0.289 e. The number of aromatic nitrogens is 2. The minimum Gasteiger partial charge on any atom is -0.282 e. The molecule has 0 N–H and O–H groups in total. The van der Waals surface area contributed by atoms with Gasteiger partial charge in [0.2, 0.25) is 10.0 Å². The molecule has 1 aliphatic rings. The van der Waals surface area contributed by atoms with Gasteiger partial charge in [-0.15, -0.1) is 0 Å². The van der Waals surface area contributed by atoms with E-state index in [4.69, 9.17) is 0 Å². The normalized spacial score (nSPS) is 15.9. The molecule has 1 saturated heterocycles. The lowest BCUT2D eigenvalue weighted by molar-refractivity contribution is -0.387. The highest BCUT2D eigenvalue weighted by molar-refractivity contribution is 7.89. The van der Waals surface area contributed by atoms with Crippen molar-refractivity contribution in [3.63, 3.8) is 0 Å². The number of para-hydroxylation sites is 1. The Morgan fingerprint density at radius 2 is 1.60 bits per heavy atom. The maximum Gasteiger partial charge on any atom is 0.289 e. The van der Waals surface area contributed by atoms with Crippen molar-refractivity contribution < 1.29 is 13.3 Å². The number of piperazine rings is 1. The van der Waals surface area contributed by atoms with Crippen molar-refractivity contribution in [2.45, 2.75) is 11.6 Å². The molecule has 10 heteroatoms. The Hall–Kier alpha value is -3.08. The minimum atomic E-state index is -3.92. The molecule has 4 rings (SSSR count). The molecule has 1 aromatic heterocycles. The summed E-state index contributed by atoms with van der Waals surface area (Å²) >= 11 is 0. The molecule has 0 bridgehead atoms. The number of nitro groups is 1. The Balaban J connectivity index is 1.41. The highest BCUT2D eigenvalue weighted by atomic mass is 32.2. The van der Waals surface area contributed by atoms with Crippen LogP contribution < -0.4 is 0 Å². The van der Waals surface area contributed by atoms with E-state index in [-0.39, 0.29) is 18.0 Å². The van der Waals surface area contributed by atoms with Crippen LogP contribution in [0.25, 0.3) is 11.3 Å².